The first kappa shape index (κ1) is 17.0. The number of nitrogen functional groups attached to an aromatic ring is 1. The molecule has 2 fully saturated rings. The van der Waals surface area contributed by atoms with Crippen LogP contribution in [0.2, 0.25) is 0 Å². The lowest BCUT2D eigenvalue weighted by Crippen LogP contribution is -2.48. The van der Waals surface area contributed by atoms with Crippen molar-refractivity contribution >= 4 is 17.6 Å². The van der Waals surface area contributed by atoms with Crippen LogP contribution in [-0.4, -0.2) is 59.7 Å². The third-order valence-electron chi connectivity index (χ3n) is 5.09. The summed E-state index contributed by atoms with van der Waals surface area (Å²) in [6.07, 6.45) is 7.41. The topological polar surface area (TPSA) is 84.6 Å². The molecule has 0 saturated carbocycles. The molecule has 132 valence electrons. The minimum Gasteiger partial charge on any atom is -0.466 e. The van der Waals surface area contributed by atoms with E-state index in [4.69, 9.17) is 10.5 Å². The number of carbonyl (C=O) groups excluding carboxylic acids is 1. The van der Waals surface area contributed by atoms with E-state index in [-0.39, 0.29) is 11.9 Å². The Morgan fingerprint density at radius 1 is 1.21 bits per heavy atom. The van der Waals surface area contributed by atoms with Crippen molar-refractivity contribution < 1.29 is 9.53 Å². The molecule has 2 N–H and O–H groups in total. The van der Waals surface area contributed by atoms with Crippen LogP contribution in [0.5, 0.6) is 0 Å². The van der Waals surface area contributed by atoms with Gasteiger partial charge in [-0.15, -0.1) is 0 Å². The number of carbonyl (C=O) groups is 1. The molecule has 3 rings (SSSR count). The highest BCUT2D eigenvalue weighted by atomic mass is 16.5. The number of ether oxygens (including phenoxy) is 1. The first-order chi connectivity index (χ1) is 11.7. The summed E-state index contributed by atoms with van der Waals surface area (Å²) in [5, 5.41) is 0. The van der Waals surface area contributed by atoms with Gasteiger partial charge in [-0.3, -0.25) is 9.78 Å². The van der Waals surface area contributed by atoms with Crippen LogP contribution in [0.3, 0.4) is 0 Å². The summed E-state index contributed by atoms with van der Waals surface area (Å²) in [4.78, 5) is 25.1. The van der Waals surface area contributed by atoms with E-state index in [0.29, 0.717) is 18.5 Å². The first-order valence-electron chi connectivity index (χ1n) is 8.90. The molecule has 7 nitrogen and oxygen atoms in total. The monoisotopic (exact) mass is 333 g/mol. The van der Waals surface area contributed by atoms with Crippen molar-refractivity contribution in [1.29, 1.82) is 0 Å². The summed E-state index contributed by atoms with van der Waals surface area (Å²) in [5.41, 5.74) is 5.72. The van der Waals surface area contributed by atoms with Crippen LogP contribution in [0, 0.1) is 5.92 Å². The maximum absolute atomic E-state index is 11.8. The van der Waals surface area contributed by atoms with Gasteiger partial charge < -0.3 is 20.3 Å². The number of esters is 1. The Balaban J connectivity index is 1.47. The molecular weight excluding hydrogens is 306 g/mol. The van der Waals surface area contributed by atoms with Gasteiger partial charge in [0.05, 0.1) is 24.9 Å². The molecule has 0 atom stereocenters. The number of hydrogen-bond donors (Lipinski definition) is 1. The van der Waals surface area contributed by atoms with Crippen molar-refractivity contribution in [2.24, 2.45) is 5.92 Å². The Kier molecular flexibility index (Phi) is 5.50. The number of likely N-dealkylation sites (tertiary alicyclic amines) is 1. The Morgan fingerprint density at radius 3 is 2.54 bits per heavy atom. The van der Waals surface area contributed by atoms with E-state index in [1.807, 2.05) is 6.92 Å². The summed E-state index contributed by atoms with van der Waals surface area (Å²) >= 11 is 0. The van der Waals surface area contributed by atoms with Crippen molar-refractivity contribution in [3.05, 3.63) is 12.4 Å². The third-order valence-corrected chi connectivity index (χ3v) is 5.09. The number of nitrogens with two attached hydrogens (primary N) is 1. The average molecular weight is 333 g/mol. The summed E-state index contributed by atoms with van der Waals surface area (Å²) in [7, 11) is 0. The minimum absolute atomic E-state index is 0.0211. The van der Waals surface area contributed by atoms with E-state index in [2.05, 4.69) is 19.8 Å². The van der Waals surface area contributed by atoms with Gasteiger partial charge in [0.15, 0.2) is 0 Å². The predicted octanol–water partition coefficient (Wildman–Crippen LogP) is 1.30. The normalized spacial score (nSPS) is 21.0. The average Bonchev–Trinajstić information content (AvgIpc) is 2.62. The Labute approximate surface area is 143 Å². The standard InChI is InChI=1S/C17H27N5O2/c1-2-24-17(23)13-3-7-21(8-4-13)14-5-9-22(10-6-14)16-12-19-11-15(18)20-16/h11-14H,2-10H2,1H3,(H2,18,20). The van der Waals surface area contributed by atoms with E-state index in [0.717, 1.165) is 57.7 Å². The van der Waals surface area contributed by atoms with Gasteiger partial charge in [0.1, 0.15) is 11.6 Å². The maximum Gasteiger partial charge on any atom is 0.309 e. The number of piperidine rings is 2. The van der Waals surface area contributed by atoms with Crippen LogP contribution >= 0.6 is 0 Å². The van der Waals surface area contributed by atoms with Crippen LogP contribution in [0.1, 0.15) is 32.6 Å². The zero-order valence-electron chi connectivity index (χ0n) is 14.4. The zero-order chi connectivity index (χ0) is 16.9. The molecule has 0 unspecified atom stereocenters. The number of nitrogens with zero attached hydrogens (tertiary/aromatic N) is 4. The molecule has 7 heteroatoms. The fourth-order valence-electron chi connectivity index (χ4n) is 3.74. The van der Waals surface area contributed by atoms with Crippen molar-refractivity contribution in [3.63, 3.8) is 0 Å². The zero-order valence-corrected chi connectivity index (χ0v) is 14.4. The molecular formula is C17H27N5O2. The lowest BCUT2D eigenvalue weighted by Gasteiger charge is -2.41. The largest absolute Gasteiger partial charge is 0.466 e. The lowest BCUT2D eigenvalue weighted by atomic mass is 9.93. The van der Waals surface area contributed by atoms with Gasteiger partial charge in [0.25, 0.3) is 0 Å². The molecule has 0 radical (unpaired) electrons. The number of rotatable bonds is 4. The molecule has 24 heavy (non-hydrogen) atoms. The molecule has 0 aromatic carbocycles. The highest BCUT2D eigenvalue weighted by molar-refractivity contribution is 5.72. The Morgan fingerprint density at radius 2 is 1.92 bits per heavy atom. The van der Waals surface area contributed by atoms with Crippen molar-refractivity contribution in [2.75, 3.05) is 43.4 Å². The number of hydrogen-bond acceptors (Lipinski definition) is 7. The van der Waals surface area contributed by atoms with E-state index in [9.17, 15) is 4.79 Å². The Bertz CT molecular complexity index is 552. The van der Waals surface area contributed by atoms with E-state index >= 15 is 0 Å². The van der Waals surface area contributed by atoms with Crippen LogP contribution in [0.4, 0.5) is 11.6 Å². The molecule has 0 amide bonds. The van der Waals surface area contributed by atoms with Crippen molar-refractivity contribution in [1.82, 2.24) is 14.9 Å². The van der Waals surface area contributed by atoms with Gasteiger partial charge in [-0.1, -0.05) is 0 Å². The molecule has 1 aromatic rings. The second kappa shape index (κ2) is 7.79. The first-order valence-corrected chi connectivity index (χ1v) is 8.90. The molecule has 0 aliphatic carbocycles. The fraction of sp³-hybridized carbons (Fsp3) is 0.706. The van der Waals surface area contributed by atoms with Crippen LogP contribution < -0.4 is 10.6 Å². The molecule has 2 aliphatic heterocycles. The highest BCUT2D eigenvalue weighted by Gasteiger charge is 2.31. The van der Waals surface area contributed by atoms with Gasteiger partial charge in [-0.25, -0.2) is 4.98 Å². The second-order valence-corrected chi connectivity index (χ2v) is 6.58. The van der Waals surface area contributed by atoms with Crippen LogP contribution in [0.25, 0.3) is 0 Å². The molecule has 1 aromatic heterocycles. The summed E-state index contributed by atoms with van der Waals surface area (Å²) < 4.78 is 5.15. The number of aromatic nitrogens is 2. The fourth-order valence-corrected chi connectivity index (χ4v) is 3.74. The molecule has 0 bridgehead atoms. The third kappa shape index (κ3) is 3.95. The second-order valence-electron chi connectivity index (χ2n) is 6.58. The molecule has 3 heterocycles. The molecule has 0 spiro atoms. The van der Waals surface area contributed by atoms with Gasteiger partial charge in [0.2, 0.25) is 0 Å². The quantitative estimate of drug-likeness (QED) is 0.831. The summed E-state index contributed by atoms with van der Waals surface area (Å²) in [6.45, 7) is 6.27. The van der Waals surface area contributed by atoms with Crippen LogP contribution in [0.15, 0.2) is 12.4 Å². The predicted molar refractivity (Wildman–Crippen MR) is 92.6 cm³/mol. The van der Waals surface area contributed by atoms with Crippen molar-refractivity contribution in [2.45, 2.75) is 38.6 Å². The van der Waals surface area contributed by atoms with Gasteiger partial charge in [-0.05, 0) is 45.7 Å². The van der Waals surface area contributed by atoms with Gasteiger partial charge >= 0.3 is 5.97 Å². The summed E-state index contributed by atoms with van der Waals surface area (Å²) in [5.74, 6) is 1.40. The minimum atomic E-state index is -0.0211. The van der Waals surface area contributed by atoms with E-state index < -0.39 is 0 Å². The smallest absolute Gasteiger partial charge is 0.309 e. The molecule has 2 saturated heterocycles. The van der Waals surface area contributed by atoms with Crippen LogP contribution in [-0.2, 0) is 9.53 Å². The number of anilines is 2. The van der Waals surface area contributed by atoms with E-state index in [1.54, 1.807) is 12.4 Å². The molecule has 2 aliphatic rings. The maximum atomic E-state index is 11.8. The van der Waals surface area contributed by atoms with Gasteiger partial charge in [0, 0.05) is 19.1 Å². The lowest BCUT2D eigenvalue weighted by molar-refractivity contribution is -0.149. The van der Waals surface area contributed by atoms with Gasteiger partial charge in [-0.2, -0.15) is 0 Å². The van der Waals surface area contributed by atoms with Crippen molar-refractivity contribution in [3.8, 4) is 0 Å². The van der Waals surface area contributed by atoms with E-state index in [1.165, 1.54) is 0 Å². The highest BCUT2D eigenvalue weighted by Crippen LogP contribution is 2.26. The Hall–Kier alpha value is -1.89. The summed E-state index contributed by atoms with van der Waals surface area (Å²) in [6, 6.07) is 0.596. The SMILES string of the molecule is CCOC(=O)C1CCN(C2CCN(c3cncc(N)n3)CC2)CC1.